The van der Waals surface area contributed by atoms with Crippen molar-refractivity contribution in [3.8, 4) is 0 Å². The zero-order chi connectivity index (χ0) is 14.0. The zero-order valence-electron chi connectivity index (χ0n) is 11.9. The molecule has 0 aromatic heterocycles. The lowest BCUT2D eigenvalue weighted by atomic mass is 10.0. The average Bonchev–Trinajstić information content (AvgIpc) is 3.19. The van der Waals surface area contributed by atoms with Crippen molar-refractivity contribution in [2.24, 2.45) is 0 Å². The second kappa shape index (κ2) is 5.47. The quantitative estimate of drug-likeness (QED) is 0.829. The lowest BCUT2D eigenvalue weighted by Crippen LogP contribution is -2.44. The fraction of sp³-hybridized carbons (Fsp3) is 0.600. The first-order chi connectivity index (χ1) is 8.94. The highest BCUT2D eigenvalue weighted by Crippen LogP contribution is 2.26. The first-order valence-corrected chi connectivity index (χ1v) is 6.80. The van der Waals surface area contributed by atoms with Gasteiger partial charge in [-0.05, 0) is 44.4 Å². The predicted molar refractivity (Wildman–Crippen MR) is 75.8 cm³/mol. The Bertz CT molecular complexity index is 444. The number of nitrogens with zero attached hydrogens (tertiary/aromatic N) is 1. The van der Waals surface area contributed by atoms with E-state index in [1.165, 1.54) is 12.8 Å². The van der Waals surface area contributed by atoms with E-state index in [2.05, 4.69) is 5.32 Å². The summed E-state index contributed by atoms with van der Waals surface area (Å²) in [6.45, 7) is 4.47. The van der Waals surface area contributed by atoms with Crippen molar-refractivity contribution in [1.82, 2.24) is 5.32 Å². The van der Waals surface area contributed by atoms with Crippen molar-refractivity contribution in [1.29, 1.82) is 0 Å². The first-order valence-electron chi connectivity index (χ1n) is 6.80. The average molecular weight is 266 g/mol. The maximum absolute atomic E-state index is 14.2. The van der Waals surface area contributed by atoms with Crippen molar-refractivity contribution < 1.29 is 9.50 Å². The number of nitrogens with one attached hydrogen (secondary N) is 1. The molecular formula is C15H23FN2O. The van der Waals surface area contributed by atoms with Gasteiger partial charge in [-0.3, -0.25) is 0 Å². The minimum absolute atomic E-state index is 0.0199. The van der Waals surface area contributed by atoms with Crippen LogP contribution >= 0.6 is 0 Å². The van der Waals surface area contributed by atoms with Crippen LogP contribution in [0, 0.1) is 5.82 Å². The third-order valence-electron chi connectivity index (χ3n) is 3.84. The second-order valence-electron chi connectivity index (χ2n) is 5.97. The monoisotopic (exact) mass is 266 g/mol. The van der Waals surface area contributed by atoms with Gasteiger partial charge in [0, 0.05) is 19.6 Å². The SMILES string of the molecule is CN(c1ccc(CNC2CC2)cc1F)C(C)(C)CO. The van der Waals surface area contributed by atoms with Crippen molar-refractivity contribution in [2.75, 3.05) is 18.6 Å². The second-order valence-corrected chi connectivity index (χ2v) is 5.97. The number of aliphatic hydroxyl groups excluding tert-OH is 1. The smallest absolute Gasteiger partial charge is 0.146 e. The van der Waals surface area contributed by atoms with Crippen LogP contribution in [0.4, 0.5) is 10.1 Å². The summed E-state index contributed by atoms with van der Waals surface area (Å²) in [6.07, 6.45) is 2.46. The molecule has 3 nitrogen and oxygen atoms in total. The molecule has 1 aliphatic rings. The summed E-state index contributed by atoms with van der Waals surface area (Å²) >= 11 is 0. The van der Waals surface area contributed by atoms with E-state index in [0.717, 1.165) is 12.1 Å². The molecule has 0 atom stereocenters. The topological polar surface area (TPSA) is 35.5 Å². The zero-order valence-corrected chi connectivity index (χ0v) is 11.9. The maximum atomic E-state index is 14.2. The van der Waals surface area contributed by atoms with Gasteiger partial charge < -0.3 is 15.3 Å². The Kier molecular flexibility index (Phi) is 4.11. The molecule has 4 heteroatoms. The number of aliphatic hydroxyl groups is 1. The van der Waals surface area contributed by atoms with Crippen LogP contribution in [0.15, 0.2) is 18.2 Å². The molecule has 0 amide bonds. The van der Waals surface area contributed by atoms with Crippen LogP contribution in [0.1, 0.15) is 32.3 Å². The molecule has 2 rings (SSSR count). The highest BCUT2D eigenvalue weighted by atomic mass is 19.1. The van der Waals surface area contributed by atoms with Crippen molar-refractivity contribution >= 4 is 5.69 Å². The molecule has 106 valence electrons. The fourth-order valence-corrected chi connectivity index (χ4v) is 1.91. The van der Waals surface area contributed by atoms with E-state index >= 15 is 0 Å². The van der Waals surface area contributed by atoms with Gasteiger partial charge in [0.15, 0.2) is 0 Å². The van der Waals surface area contributed by atoms with E-state index in [0.29, 0.717) is 11.7 Å². The molecular weight excluding hydrogens is 243 g/mol. The van der Waals surface area contributed by atoms with Gasteiger partial charge in [-0.15, -0.1) is 0 Å². The van der Waals surface area contributed by atoms with E-state index in [9.17, 15) is 9.50 Å². The summed E-state index contributed by atoms with van der Waals surface area (Å²) < 4.78 is 14.2. The summed E-state index contributed by atoms with van der Waals surface area (Å²) in [5.41, 5.74) is 1.01. The van der Waals surface area contributed by atoms with E-state index in [4.69, 9.17) is 0 Å². The van der Waals surface area contributed by atoms with Crippen LogP contribution in [0.3, 0.4) is 0 Å². The minimum atomic E-state index is -0.478. The molecule has 0 unspecified atom stereocenters. The van der Waals surface area contributed by atoms with Crippen LogP contribution < -0.4 is 10.2 Å². The third-order valence-corrected chi connectivity index (χ3v) is 3.84. The normalized spacial score (nSPS) is 15.6. The number of likely N-dealkylation sites (N-methyl/N-ethyl adjacent to an activating group) is 1. The first kappa shape index (κ1) is 14.3. The Morgan fingerprint density at radius 2 is 2.11 bits per heavy atom. The van der Waals surface area contributed by atoms with Gasteiger partial charge in [0.1, 0.15) is 5.82 Å². The largest absolute Gasteiger partial charge is 0.394 e. The minimum Gasteiger partial charge on any atom is -0.394 e. The molecule has 0 saturated heterocycles. The lowest BCUT2D eigenvalue weighted by Gasteiger charge is -2.36. The molecule has 1 aliphatic carbocycles. The molecule has 0 aliphatic heterocycles. The molecule has 1 saturated carbocycles. The Morgan fingerprint density at radius 3 is 2.63 bits per heavy atom. The third kappa shape index (κ3) is 3.45. The number of hydrogen-bond donors (Lipinski definition) is 2. The van der Waals surface area contributed by atoms with Gasteiger partial charge in [0.25, 0.3) is 0 Å². The van der Waals surface area contributed by atoms with Gasteiger partial charge in [-0.25, -0.2) is 4.39 Å². The fourth-order valence-electron chi connectivity index (χ4n) is 1.91. The molecule has 0 heterocycles. The highest BCUT2D eigenvalue weighted by molar-refractivity contribution is 5.50. The van der Waals surface area contributed by atoms with Crippen LogP contribution in [0.5, 0.6) is 0 Å². The Morgan fingerprint density at radius 1 is 1.42 bits per heavy atom. The van der Waals surface area contributed by atoms with E-state index in [1.807, 2.05) is 19.9 Å². The van der Waals surface area contributed by atoms with Crippen molar-refractivity contribution in [2.45, 2.75) is 44.8 Å². The van der Waals surface area contributed by atoms with Gasteiger partial charge in [-0.1, -0.05) is 6.07 Å². The molecule has 0 radical (unpaired) electrons. The number of anilines is 1. The van der Waals surface area contributed by atoms with Crippen LogP contribution in [-0.4, -0.2) is 30.3 Å². The summed E-state index contributed by atoms with van der Waals surface area (Å²) in [6, 6.07) is 5.93. The number of halogens is 1. The molecule has 1 aromatic rings. The summed E-state index contributed by atoms with van der Waals surface area (Å²) in [5, 5.41) is 12.7. The molecule has 1 fully saturated rings. The van der Waals surface area contributed by atoms with Gasteiger partial charge >= 0.3 is 0 Å². The number of hydrogen-bond acceptors (Lipinski definition) is 3. The molecule has 0 bridgehead atoms. The summed E-state index contributed by atoms with van der Waals surface area (Å²) in [7, 11) is 1.80. The van der Waals surface area contributed by atoms with Gasteiger partial charge in [-0.2, -0.15) is 0 Å². The molecule has 2 N–H and O–H groups in total. The maximum Gasteiger partial charge on any atom is 0.146 e. The number of rotatable bonds is 6. The van der Waals surface area contributed by atoms with E-state index in [-0.39, 0.29) is 12.4 Å². The van der Waals surface area contributed by atoms with E-state index in [1.54, 1.807) is 24.1 Å². The predicted octanol–water partition coefficient (Wildman–Crippen LogP) is 2.28. The Balaban J connectivity index is 2.09. The summed E-state index contributed by atoms with van der Waals surface area (Å²) in [5.74, 6) is -0.237. The van der Waals surface area contributed by atoms with Gasteiger partial charge in [0.2, 0.25) is 0 Å². The standard InChI is InChI=1S/C15H23FN2O/c1-15(2,10-19)18(3)14-7-4-11(8-13(14)16)9-17-12-5-6-12/h4,7-8,12,17,19H,5-6,9-10H2,1-3H3. The number of benzene rings is 1. The summed E-state index contributed by atoms with van der Waals surface area (Å²) in [4.78, 5) is 1.78. The van der Waals surface area contributed by atoms with Crippen molar-refractivity contribution in [3.05, 3.63) is 29.6 Å². The van der Waals surface area contributed by atoms with Gasteiger partial charge in [0.05, 0.1) is 17.8 Å². The van der Waals surface area contributed by atoms with E-state index < -0.39 is 5.54 Å². The van der Waals surface area contributed by atoms with Crippen LogP contribution in [0.25, 0.3) is 0 Å². The van der Waals surface area contributed by atoms with Crippen LogP contribution in [-0.2, 0) is 6.54 Å². The lowest BCUT2D eigenvalue weighted by molar-refractivity contribution is 0.215. The van der Waals surface area contributed by atoms with Crippen LogP contribution in [0.2, 0.25) is 0 Å². The molecule has 0 spiro atoms. The Labute approximate surface area is 114 Å². The van der Waals surface area contributed by atoms with Crippen molar-refractivity contribution in [3.63, 3.8) is 0 Å². The molecule has 19 heavy (non-hydrogen) atoms. The molecule has 1 aromatic carbocycles. The Hall–Kier alpha value is -1.13. The highest BCUT2D eigenvalue weighted by Gasteiger charge is 2.25.